The van der Waals surface area contributed by atoms with E-state index in [0.717, 1.165) is 0 Å². The van der Waals surface area contributed by atoms with Crippen molar-refractivity contribution in [1.82, 2.24) is 29.0 Å². The number of rotatable bonds is 6. The summed E-state index contributed by atoms with van der Waals surface area (Å²) in [6, 6.07) is 5.06. The van der Waals surface area contributed by atoms with Gasteiger partial charge in [-0.15, -0.1) is 0 Å². The van der Waals surface area contributed by atoms with Gasteiger partial charge in [0.1, 0.15) is 41.3 Å². The molecule has 2 aromatic carbocycles. The van der Waals surface area contributed by atoms with E-state index in [1.807, 2.05) is 6.92 Å². The van der Waals surface area contributed by atoms with Crippen LogP contribution in [0, 0.1) is 12.3 Å². The molecule has 5 aromatic rings. The topological polar surface area (TPSA) is 280 Å². The van der Waals surface area contributed by atoms with Crippen LogP contribution in [0.2, 0.25) is 0 Å². The summed E-state index contributed by atoms with van der Waals surface area (Å²) >= 11 is 0. The van der Waals surface area contributed by atoms with Crippen LogP contribution in [-0.4, -0.2) is 90.7 Å². The fourth-order valence-corrected chi connectivity index (χ4v) is 6.93. The van der Waals surface area contributed by atoms with E-state index in [9.17, 15) is 24.0 Å². The van der Waals surface area contributed by atoms with Crippen LogP contribution >= 0.6 is 0 Å². The molecule has 1 saturated heterocycles. The number of likely N-dealkylation sites (tertiary alicyclic amines) is 1. The molecule has 20 nitrogen and oxygen atoms in total. The quantitative estimate of drug-likeness (QED) is 0.155. The Kier molecular flexibility index (Phi) is 9.95. The minimum atomic E-state index is -0.888. The number of imidazole rings is 2. The highest BCUT2D eigenvalue weighted by Gasteiger charge is 2.48. The second-order valence-corrected chi connectivity index (χ2v) is 15.2. The number of hydrogen-bond acceptors (Lipinski definition) is 12. The van der Waals surface area contributed by atoms with Crippen LogP contribution in [0.3, 0.4) is 0 Å². The summed E-state index contributed by atoms with van der Waals surface area (Å²) in [5, 5.41) is 5.37. The summed E-state index contributed by atoms with van der Waals surface area (Å²) in [6.45, 7) is 9.13. The lowest BCUT2D eigenvalue weighted by atomic mass is 9.81. The van der Waals surface area contributed by atoms with Crippen LogP contribution in [0.25, 0.3) is 22.1 Å². The van der Waals surface area contributed by atoms with E-state index in [2.05, 4.69) is 20.6 Å². The maximum absolute atomic E-state index is 13.7. The molecule has 0 saturated carbocycles. The van der Waals surface area contributed by atoms with E-state index >= 15 is 0 Å². The zero-order valence-electron chi connectivity index (χ0n) is 32.5. The van der Waals surface area contributed by atoms with Gasteiger partial charge in [-0.1, -0.05) is 19.1 Å². The number of carbonyl (C=O) groups is 5. The first kappa shape index (κ1) is 39.1. The van der Waals surface area contributed by atoms with E-state index < -0.39 is 40.9 Å². The van der Waals surface area contributed by atoms with E-state index in [-0.39, 0.29) is 90.7 Å². The number of nitrogens with zero attached hydrogens (tertiary/aromatic N) is 6. The third-order valence-electron chi connectivity index (χ3n) is 9.50. The fraction of sp³-hybridized carbons (Fsp3) is 0.368. The average molecular weight is 798 g/mol. The van der Waals surface area contributed by atoms with Gasteiger partial charge in [0.05, 0.1) is 22.1 Å². The van der Waals surface area contributed by atoms with Gasteiger partial charge in [-0.25, -0.2) is 24.5 Å². The third kappa shape index (κ3) is 7.67. The molecule has 7 rings (SSSR count). The summed E-state index contributed by atoms with van der Waals surface area (Å²) in [7, 11) is 0. The lowest BCUT2D eigenvalue weighted by Crippen LogP contribution is -2.64. The van der Waals surface area contributed by atoms with Gasteiger partial charge in [-0.05, 0) is 51.5 Å². The highest BCUT2D eigenvalue weighted by Crippen LogP contribution is 2.39. The van der Waals surface area contributed by atoms with E-state index in [1.165, 1.54) is 29.2 Å². The van der Waals surface area contributed by atoms with Gasteiger partial charge in [0, 0.05) is 44.2 Å². The number of amides is 6. The van der Waals surface area contributed by atoms with Gasteiger partial charge >= 0.3 is 12.1 Å². The first-order chi connectivity index (χ1) is 27.4. The number of hydrogen-bond donors (Lipinski definition) is 5. The Morgan fingerprint density at radius 3 is 1.79 bits per heavy atom. The number of urea groups is 1. The molecular formula is C38H43N11O9. The molecule has 20 heteroatoms. The van der Waals surface area contributed by atoms with Gasteiger partial charge in [-0.2, -0.15) is 0 Å². The number of aryl methyl sites for hydroxylation is 2. The lowest BCUT2D eigenvalue weighted by molar-refractivity contribution is -0.0692. The van der Waals surface area contributed by atoms with E-state index in [4.69, 9.17) is 40.8 Å². The van der Waals surface area contributed by atoms with Crippen LogP contribution in [0.15, 0.2) is 40.8 Å². The van der Waals surface area contributed by atoms with Crippen molar-refractivity contribution in [1.29, 1.82) is 0 Å². The Balaban J connectivity index is 1.37. The molecule has 58 heavy (non-hydrogen) atoms. The van der Waals surface area contributed by atoms with Crippen LogP contribution in [-0.2, 0) is 24.2 Å². The summed E-state index contributed by atoms with van der Waals surface area (Å²) in [6.07, 6.45) is 3.46. The van der Waals surface area contributed by atoms with Gasteiger partial charge in [0.2, 0.25) is 29.5 Å². The predicted octanol–water partition coefficient (Wildman–Crippen LogP) is 3.45. The Bertz CT molecular complexity index is 2540. The second-order valence-electron chi connectivity index (χ2n) is 15.2. The van der Waals surface area contributed by atoms with Gasteiger partial charge in [-0.3, -0.25) is 25.0 Å². The number of oxazole rings is 1. The molecule has 0 aliphatic carbocycles. The zero-order chi connectivity index (χ0) is 41.7. The number of nitrogens with two attached hydrogens (primary N) is 3. The van der Waals surface area contributed by atoms with E-state index in [0.29, 0.717) is 29.0 Å². The van der Waals surface area contributed by atoms with Crippen molar-refractivity contribution in [2.45, 2.75) is 59.7 Å². The molecule has 0 unspecified atom stereocenters. The van der Waals surface area contributed by atoms with Crippen molar-refractivity contribution >= 4 is 63.8 Å². The number of anilines is 2. The number of aromatic nitrogens is 5. The Morgan fingerprint density at radius 2 is 1.33 bits per heavy atom. The number of carbonyl (C=O) groups excluding carboxylic acids is 5. The fourth-order valence-electron chi connectivity index (χ4n) is 6.93. The predicted molar refractivity (Wildman–Crippen MR) is 209 cm³/mol. The summed E-state index contributed by atoms with van der Waals surface area (Å²) < 4.78 is 27.7. The average Bonchev–Trinajstić information content (AvgIpc) is 3.79. The van der Waals surface area contributed by atoms with Crippen molar-refractivity contribution in [2.75, 3.05) is 36.9 Å². The minimum Gasteiger partial charge on any atom is -0.490 e. The highest BCUT2D eigenvalue weighted by molar-refractivity contribution is 6.04. The maximum Gasteiger partial charge on any atom is 0.410 e. The van der Waals surface area contributed by atoms with Crippen molar-refractivity contribution in [3.63, 3.8) is 0 Å². The molecule has 0 radical (unpaired) electrons. The Labute approximate surface area is 330 Å². The third-order valence-corrected chi connectivity index (χ3v) is 9.50. The molecule has 5 heterocycles. The highest BCUT2D eigenvalue weighted by atomic mass is 16.6. The Hall–Kier alpha value is -7.12. The second kappa shape index (κ2) is 14.8. The van der Waals surface area contributed by atoms with Gasteiger partial charge < -0.3 is 49.9 Å². The molecule has 3 aromatic heterocycles. The molecular weight excluding hydrogens is 754 g/mol. The SMILES string of the molecule is CCc1nc(C)oc1C(=O)Nc1nc2cc(C(N)=O)cc3c2n1C/C=C/Cn1c(NC(N)=O)nc2cc(C(N)=O)cc(c21)OCC1(CO3)CN(C(=O)OC(C)(C)C)C1. The van der Waals surface area contributed by atoms with Crippen LogP contribution in [0.5, 0.6) is 11.5 Å². The molecule has 1 fully saturated rings. The van der Waals surface area contributed by atoms with Gasteiger partial charge in [0.15, 0.2) is 5.89 Å². The molecule has 1 spiro atoms. The van der Waals surface area contributed by atoms with Crippen molar-refractivity contribution < 1.29 is 42.6 Å². The number of nitrogens with one attached hydrogen (secondary N) is 2. The summed E-state index contributed by atoms with van der Waals surface area (Å²) in [5.74, 6) is -1.14. The van der Waals surface area contributed by atoms with E-state index in [1.54, 1.807) is 49.0 Å². The van der Waals surface area contributed by atoms with Crippen LogP contribution < -0.4 is 37.3 Å². The van der Waals surface area contributed by atoms with Crippen molar-refractivity contribution in [3.05, 3.63) is 64.9 Å². The molecule has 8 N–H and O–H groups in total. The molecule has 2 aliphatic rings. The number of allylic oxidation sites excluding steroid dienone is 2. The van der Waals surface area contributed by atoms with Crippen molar-refractivity contribution in [2.24, 2.45) is 22.6 Å². The summed E-state index contributed by atoms with van der Waals surface area (Å²) in [4.78, 5) is 79.1. The van der Waals surface area contributed by atoms with Crippen molar-refractivity contribution in [3.8, 4) is 11.5 Å². The number of ether oxygens (including phenoxy) is 3. The standard InChI is InChI=1S/C38H43N11O9/c1-6-22-29(57-19(2)42-22)32(52)45-34-43-23-11-20(30(39)50)13-25-27(23)48(34)9-7-8-10-49-28-24(44-35(49)46-33(41)53)12-21(31(40)51)14-26(28)56-18-38(17-55-25)15-47(16-38)36(54)58-37(3,4)5/h7-8,11-14H,6,9-10,15-18H2,1-5H3,(H2,39,50)(H2,40,51)(H,43,45,52)(H3,41,44,46,53)/b8-7+. The molecule has 0 bridgehead atoms. The maximum atomic E-state index is 13.7. The number of benzene rings is 2. The zero-order valence-corrected chi connectivity index (χ0v) is 32.5. The first-order valence-corrected chi connectivity index (χ1v) is 18.3. The van der Waals surface area contributed by atoms with Crippen LogP contribution in [0.4, 0.5) is 21.5 Å². The summed E-state index contributed by atoms with van der Waals surface area (Å²) in [5.41, 5.74) is 17.4. The molecule has 2 aliphatic heterocycles. The minimum absolute atomic E-state index is 0.0278. The first-order valence-electron chi connectivity index (χ1n) is 18.3. The number of primary amides is 3. The normalized spacial score (nSPS) is 15.7. The Morgan fingerprint density at radius 1 is 0.810 bits per heavy atom. The van der Waals surface area contributed by atoms with Crippen LogP contribution in [0.1, 0.15) is 70.6 Å². The molecule has 304 valence electrons. The largest absolute Gasteiger partial charge is 0.490 e. The molecule has 6 amide bonds. The van der Waals surface area contributed by atoms with Gasteiger partial charge in [0.25, 0.3) is 5.91 Å². The molecule has 0 atom stereocenters. The smallest absolute Gasteiger partial charge is 0.410 e. The monoisotopic (exact) mass is 797 g/mol. The lowest BCUT2D eigenvalue weighted by Gasteiger charge is -2.49.